The number of hydrogen-bond donors (Lipinski definition) is 1. The fraction of sp³-hybridized carbons (Fsp3) is 1.00. The second-order valence-electron chi connectivity index (χ2n) is 6.62. The average Bonchev–Trinajstić information content (AvgIpc) is 2.39. The van der Waals surface area contributed by atoms with Gasteiger partial charge in [-0.15, -0.1) is 0 Å². The molecule has 1 N–H and O–H groups in total. The van der Waals surface area contributed by atoms with E-state index in [1.165, 1.54) is 25.7 Å². The van der Waals surface area contributed by atoms with Crippen LogP contribution < -0.4 is 0 Å². The molecule has 1 saturated heterocycles. The molecule has 2 rings (SSSR count). The average molecular weight is 255 g/mol. The maximum Gasteiger partial charge on any atom is 0.0499 e. The van der Waals surface area contributed by atoms with E-state index in [2.05, 4.69) is 18.9 Å². The zero-order valence-corrected chi connectivity index (χ0v) is 12.0. The van der Waals surface area contributed by atoms with Crippen molar-refractivity contribution < 1.29 is 9.84 Å². The zero-order chi connectivity index (χ0) is 13.0. The Morgan fingerprint density at radius 2 is 2.00 bits per heavy atom. The first-order valence-corrected chi connectivity index (χ1v) is 7.54. The molecule has 2 fully saturated rings. The second-order valence-corrected chi connectivity index (χ2v) is 6.62. The maximum absolute atomic E-state index is 9.86. The van der Waals surface area contributed by atoms with Crippen LogP contribution >= 0.6 is 0 Å². The van der Waals surface area contributed by atoms with Gasteiger partial charge in [0.1, 0.15) is 0 Å². The van der Waals surface area contributed by atoms with Crippen molar-refractivity contribution in [2.24, 2.45) is 11.3 Å². The van der Waals surface area contributed by atoms with Crippen molar-refractivity contribution >= 4 is 0 Å². The van der Waals surface area contributed by atoms with E-state index in [0.717, 1.165) is 38.5 Å². The van der Waals surface area contributed by atoms with Gasteiger partial charge in [0, 0.05) is 37.8 Å². The Morgan fingerprint density at radius 1 is 1.28 bits per heavy atom. The molecule has 2 atom stereocenters. The van der Waals surface area contributed by atoms with Gasteiger partial charge < -0.3 is 14.7 Å². The summed E-state index contributed by atoms with van der Waals surface area (Å²) in [6.07, 6.45) is 7.30. The standard InChI is InChI=1S/C15H29NO2/c1-13-4-3-7-15(10-13,12-17)11-16(2)14-5-8-18-9-6-14/h13-14,17H,3-12H2,1-2H3. The quantitative estimate of drug-likeness (QED) is 0.836. The summed E-state index contributed by atoms with van der Waals surface area (Å²) >= 11 is 0. The molecule has 2 aliphatic rings. The molecule has 106 valence electrons. The van der Waals surface area contributed by atoms with Crippen molar-refractivity contribution in [1.82, 2.24) is 4.90 Å². The molecule has 1 saturated carbocycles. The van der Waals surface area contributed by atoms with Crippen LogP contribution in [0.1, 0.15) is 45.4 Å². The molecule has 3 nitrogen and oxygen atoms in total. The molecule has 0 aromatic carbocycles. The number of aliphatic hydroxyl groups excluding tert-OH is 1. The van der Waals surface area contributed by atoms with Gasteiger partial charge in [-0.3, -0.25) is 0 Å². The number of nitrogens with zero attached hydrogens (tertiary/aromatic N) is 1. The third-order valence-corrected chi connectivity index (χ3v) is 4.92. The Morgan fingerprint density at radius 3 is 2.61 bits per heavy atom. The highest BCUT2D eigenvalue weighted by atomic mass is 16.5. The highest BCUT2D eigenvalue weighted by molar-refractivity contribution is 4.88. The number of rotatable bonds is 4. The van der Waals surface area contributed by atoms with E-state index in [0.29, 0.717) is 12.6 Å². The van der Waals surface area contributed by atoms with Crippen molar-refractivity contribution in [1.29, 1.82) is 0 Å². The van der Waals surface area contributed by atoms with Crippen LogP contribution in [0.2, 0.25) is 0 Å². The number of hydrogen-bond acceptors (Lipinski definition) is 3. The van der Waals surface area contributed by atoms with Crippen molar-refractivity contribution in [2.75, 3.05) is 33.4 Å². The molecular weight excluding hydrogens is 226 g/mol. The van der Waals surface area contributed by atoms with Crippen LogP contribution in [0, 0.1) is 11.3 Å². The summed E-state index contributed by atoms with van der Waals surface area (Å²) in [4.78, 5) is 2.48. The minimum Gasteiger partial charge on any atom is -0.396 e. The lowest BCUT2D eigenvalue weighted by Gasteiger charge is -2.43. The molecule has 0 aromatic heterocycles. The Kier molecular flexibility index (Phi) is 5.05. The predicted molar refractivity (Wildman–Crippen MR) is 73.6 cm³/mol. The fourth-order valence-electron chi connectivity index (χ4n) is 3.89. The van der Waals surface area contributed by atoms with Gasteiger partial charge in [0.15, 0.2) is 0 Å². The first-order chi connectivity index (χ1) is 8.65. The number of aliphatic hydroxyl groups is 1. The maximum atomic E-state index is 9.86. The van der Waals surface area contributed by atoms with Crippen LogP contribution in [0.3, 0.4) is 0 Å². The summed E-state index contributed by atoms with van der Waals surface area (Å²) < 4.78 is 5.43. The summed E-state index contributed by atoms with van der Waals surface area (Å²) in [6.45, 7) is 5.54. The minimum absolute atomic E-state index is 0.157. The topological polar surface area (TPSA) is 32.7 Å². The lowest BCUT2D eigenvalue weighted by Crippen LogP contribution is -2.46. The fourth-order valence-corrected chi connectivity index (χ4v) is 3.89. The SMILES string of the molecule is CC1CCCC(CO)(CN(C)C2CCOCC2)C1. The van der Waals surface area contributed by atoms with Crippen molar-refractivity contribution in [2.45, 2.75) is 51.5 Å². The molecule has 18 heavy (non-hydrogen) atoms. The smallest absolute Gasteiger partial charge is 0.0499 e. The molecule has 0 bridgehead atoms. The molecule has 0 radical (unpaired) electrons. The Bertz CT molecular complexity index is 253. The van der Waals surface area contributed by atoms with E-state index in [1.807, 2.05) is 0 Å². The predicted octanol–water partition coefficient (Wildman–Crippen LogP) is 2.29. The molecule has 0 aromatic rings. The van der Waals surface area contributed by atoms with Crippen LogP contribution in [-0.2, 0) is 4.74 Å². The van der Waals surface area contributed by atoms with E-state index in [4.69, 9.17) is 4.74 Å². The van der Waals surface area contributed by atoms with Crippen LogP contribution in [0.25, 0.3) is 0 Å². The summed E-state index contributed by atoms with van der Waals surface area (Å²) in [6, 6.07) is 0.652. The normalized spacial score (nSPS) is 35.0. The summed E-state index contributed by atoms with van der Waals surface area (Å²) in [5.41, 5.74) is 0.157. The van der Waals surface area contributed by atoms with Gasteiger partial charge >= 0.3 is 0 Å². The lowest BCUT2D eigenvalue weighted by atomic mass is 9.70. The van der Waals surface area contributed by atoms with E-state index < -0.39 is 0 Å². The van der Waals surface area contributed by atoms with Crippen molar-refractivity contribution in [3.05, 3.63) is 0 Å². The molecule has 3 heteroatoms. The van der Waals surface area contributed by atoms with Gasteiger partial charge in [-0.25, -0.2) is 0 Å². The Labute approximate surface area is 112 Å². The van der Waals surface area contributed by atoms with Gasteiger partial charge in [-0.05, 0) is 38.6 Å². The Hall–Kier alpha value is -0.120. The van der Waals surface area contributed by atoms with Crippen LogP contribution in [0.15, 0.2) is 0 Å². The van der Waals surface area contributed by atoms with Gasteiger partial charge in [0.25, 0.3) is 0 Å². The molecule has 1 aliphatic heterocycles. The molecule has 0 amide bonds. The second kappa shape index (κ2) is 6.36. The first-order valence-electron chi connectivity index (χ1n) is 7.54. The summed E-state index contributed by atoms with van der Waals surface area (Å²) in [7, 11) is 2.23. The van der Waals surface area contributed by atoms with E-state index >= 15 is 0 Å². The third-order valence-electron chi connectivity index (χ3n) is 4.92. The van der Waals surface area contributed by atoms with Crippen molar-refractivity contribution in [3.8, 4) is 0 Å². The molecule has 0 spiro atoms. The zero-order valence-electron chi connectivity index (χ0n) is 12.0. The Balaban J connectivity index is 1.91. The molecule has 1 aliphatic carbocycles. The highest BCUT2D eigenvalue weighted by Crippen LogP contribution is 2.40. The van der Waals surface area contributed by atoms with Crippen LogP contribution in [0.5, 0.6) is 0 Å². The van der Waals surface area contributed by atoms with E-state index in [1.54, 1.807) is 0 Å². The van der Waals surface area contributed by atoms with Gasteiger partial charge in [-0.2, -0.15) is 0 Å². The van der Waals surface area contributed by atoms with E-state index in [-0.39, 0.29) is 5.41 Å². The lowest BCUT2D eigenvalue weighted by molar-refractivity contribution is -0.00758. The summed E-state index contributed by atoms with van der Waals surface area (Å²) in [5.74, 6) is 0.772. The molecule has 1 heterocycles. The largest absolute Gasteiger partial charge is 0.396 e. The van der Waals surface area contributed by atoms with Gasteiger partial charge in [0.05, 0.1) is 0 Å². The summed E-state index contributed by atoms with van der Waals surface area (Å²) in [5, 5.41) is 9.86. The van der Waals surface area contributed by atoms with Gasteiger partial charge in [0.2, 0.25) is 0 Å². The van der Waals surface area contributed by atoms with Gasteiger partial charge in [-0.1, -0.05) is 19.8 Å². The third kappa shape index (κ3) is 3.46. The van der Waals surface area contributed by atoms with E-state index in [9.17, 15) is 5.11 Å². The molecule has 2 unspecified atom stereocenters. The first kappa shape index (κ1) is 14.3. The monoisotopic (exact) mass is 255 g/mol. The van der Waals surface area contributed by atoms with Crippen LogP contribution in [-0.4, -0.2) is 49.5 Å². The minimum atomic E-state index is 0.157. The number of ether oxygens (including phenoxy) is 1. The van der Waals surface area contributed by atoms with Crippen LogP contribution in [0.4, 0.5) is 0 Å². The highest BCUT2D eigenvalue weighted by Gasteiger charge is 2.36. The molecular formula is C15H29NO2. The van der Waals surface area contributed by atoms with Crippen molar-refractivity contribution in [3.63, 3.8) is 0 Å².